The Labute approximate surface area is 144 Å². The van der Waals surface area contributed by atoms with E-state index in [1.54, 1.807) is 0 Å². The fraction of sp³-hybridized carbons (Fsp3) is 0.588. The normalized spacial score (nSPS) is 18.9. The van der Waals surface area contributed by atoms with E-state index < -0.39 is 0 Å². The minimum Gasteiger partial charge on any atom is -0.376 e. The van der Waals surface area contributed by atoms with E-state index in [0.717, 1.165) is 34.7 Å². The highest BCUT2D eigenvalue weighted by Crippen LogP contribution is 2.25. The number of fused-ring (bicyclic) bond motifs is 1. The van der Waals surface area contributed by atoms with Crippen LogP contribution in [-0.2, 0) is 16.1 Å². The molecule has 1 aliphatic rings. The summed E-state index contributed by atoms with van der Waals surface area (Å²) in [6.07, 6.45) is 3.93. The van der Waals surface area contributed by atoms with E-state index in [-0.39, 0.29) is 30.0 Å². The van der Waals surface area contributed by atoms with Gasteiger partial charge in [-0.2, -0.15) is 0 Å². The molecule has 0 bridgehead atoms. The highest BCUT2D eigenvalue weighted by Gasteiger charge is 2.23. The molecule has 0 spiro atoms. The van der Waals surface area contributed by atoms with Crippen molar-refractivity contribution < 1.29 is 9.53 Å². The molecule has 130 valence electrons. The summed E-state index contributed by atoms with van der Waals surface area (Å²) in [6, 6.07) is -0.000838. The molecule has 0 radical (unpaired) electrons. The molecule has 3 rings (SSSR count). The van der Waals surface area contributed by atoms with Crippen molar-refractivity contribution in [3.63, 3.8) is 0 Å². The first-order valence-electron chi connectivity index (χ1n) is 8.33. The summed E-state index contributed by atoms with van der Waals surface area (Å²) in [5.74, 6) is -0.0665. The predicted molar refractivity (Wildman–Crippen MR) is 94.5 cm³/mol. The molecular weight excluding hydrogens is 326 g/mol. The lowest BCUT2D eigenvalue weighted by molar-refractivity contribution is -0.122. The van der Waals surface area contributed by atoms with E-state index >= 15 is 0 Å². The third-order valence-corrected chi connectivity index (χ3v) is 5.76. The molecule has 2 aromatic heterocycles. The zero-order valence-electron chi connectivity index (χ0n) is 14.3. The van der Waals surface area contributed by atoms with Gasteiger partial charge in [-0.25, -0.2) is 4.98 Å². The third kappa shape index (κ3) is 3.37. The number of thiophene rings is 1. The largest absolute Gasteiger partial charge is 0.376 e. The quantitative estimate of drug-likeness (QED) is 0.898. The van der Waals surface area contributed by atoms with Crippen molar-refractivity contribution in [2.24, 2.45) is 0 Å². The van der Waals surface area contributed by atoms with Crippen LogP contribution in [0.5, 0.6) is 0 Å². The number of nitrogens with zero attached hydrogens (tertiary/aromatic N) is 2. The lowest BCUT2D eigenvalue weighted by Gasteiger charge is -2.20. The number of hydrogen-bond acceptors (Lipinski definition) is 5. The number of carbonyl (C=O) groups is 1. The molecule has 1 N–H and O–H groups in total. The molecule has 2 unspecified atom stereocenters. The fourth-order valence-corrected chi connectivity index (χ4v) is 4.05. The summed E-state index contributed by atoms with van der Waals surface area (Å²) in [5, 5.41) is 3.64. The highest BCUT2D eigenvalue weighted by atomic mass is 32.1. The smallest absolute Gasteiger partial charge is 0.262 e. The second-order valence-electron chi connectivity index (χ2n) is 6.36. The van der Waals surface area contributed by atoms with Gasteiger partial charge in [0.05, 0.1) is 23.9 Å². The Morgan fingerprint density at radius 3 is 3.04 bits per heavy atom. The van der Waals surface area contributed by atoms with E-state index in [1.807, 2.05) is 20.8 Å². The van der Waals surface area contributed by atoms with Gasteiger partial charge in [-0.15, -0.1) is 11.3 Å². The van der Waals surface area contributed by atoms with E-state index in [0.29, 0.717) is 11.9 Å². The van der Waals surface area contributed by atoms with Gasteiger partial charge in [-0.3, -0.25) is 14.2 Å². The third-order valence-electron chi connectivity index (χ3n) is 4.65. The zero-order valence-corrected chi connectivity index (χ0v) is 15.1. The summed E-state index contributed by atoms with van der Waals surface area (Å²) < 4.78 is 7.11. The molecule has 2 aromatic rings. The van der Waals surface area contributed by atoms with Gasteiger partial charge in [-0.05, 0) is 39.2 Å². The first-order chi connectivity index (χ1) is 11.5. The number of rotatable bonds is 5. The number of aryl methyl sites for hydroxylation is 3. The van der Waals surface area contributed by atoms with Gasteiger partial charge in [0.1, 0.15) is 4.83 Å². The van der Waals surface area contributed by atoms with E-state index in [4.69, 9.17) is 4.74 Å². The lowest BCUT2D eigenvalue weighted by Crippen LogP contribution is -2.41. The van der Waals surface area contributed by atoms with E-state index in [9.17, 15) is 9.59 Å². The maximum absolute atomic E-state index is 12.6. The van der Waals surface area contributed by atoms with Crippen LogP contribution in [0.3, 0.4) is 0 Å². The zero-order chi connectivity index (χ0) is 17.3. The summed E-state index contributed by atoms with van der Waals surface area (Å²) in [6.45, 7) is 7.00. The first-order valence-corrected chi connectivity index (χ1v) is 9.15. The SMILES string of the molecule is Cc1sc2ncn(CCC(=O)NC(C)C3CCCO3)c(=O)c2c1C. The monoisotopic (exact) mass is 349 g/mol. The molecule has 0 aromatic carbocycles. The maximum Gasteiger partial charge on any atom is 0.262 e. The first kappa shape index (κ1) is 17.1. The Morgan fingerprint density at radius 1 is 1.54 bits per heavy atom. The van der Waals surface area contributed by atoms with Crippen molar-refractivity contribution >= 4 is 27.5 Å². The summed E-state index contributed by atoms with van der Waals surface area (Å²) >= 11 is 1.53. The van der Waals surface area contributed by atoms with Crippen LogP contribution in [0.4, 0.5) is 0 Å². The van der Waals surface area contributed by atoms with Crippen LogP contribution >= 0.6 is 11.3 Å². The molecule has 24 heavy (non-hydrogen) atoms. The lowest BCUT2D eigenvalue weighted by atomic mass is 10.1. The van der Waals surface area contributed by atoms with Crippen molar-refractivity contribution in [1.29, 1.82) is 0 Å². The number of aromatic nitrogens is 2. The molecule has 6 nitrogen and oxygen atoms in total. The van der Waals surface area contributed by atoms with Crippen molar-refractivity contribution in [2.75, 3.05) is 6.61 Å². The molecule has 1 amide bonds. The second-order valence-corrected chi connectivity index (χ2v) is 7.57. The molecule has 7 heteroatoms. The number of carbonyl (C=O) groups excluding carboxylic acids is 1. The minimum atomic E-state index is -0.0678. The van der Waals surface area contributed by atoms with Crippen LogP contribution in [0.2, 0.25) is 0 Å². The predicted octanol–water partition coefficient (Wildman–Crippen LogP) is 2.15. The summed E-state index contributed by atoms with van der Waals surface area (Å²) in [5.41, 5.74) is 0.917. The summed E-state index contributed by atoms with van der Waals surface area (Å²) in [4.78, 5) is 30.9. The molecule has 1 saturated heterocycles. The molecule has 2 atom stereocenters. The van der Waals surface area contributed by atoms with E-state index in [1.165, 1.54) is 22.2 Å². The highest BCUT2D eigenvalue weighted by molar-refractivity contribution is 7.18. The van der Waals surface area contributed by atoms with Gasteiger partial charge in [0.2, 0.25) is 5.91 Å². The van der Waals surface area contributed by atoms with Gasteiger partial charge in [0, 0.05) is 24.4 Å². The van der Waals surface area contributed by atoms with Gasteiger partial charge in [0.15, 0.2) is 0 Å². The van der Waals surface area contributed by atoms with Crippen LogP contribution < -0.4 is 10.9 Å². The Bertz CT molecular complexity index is 805. The van der Waals surface area contributed by atoms with Crippen molar-refractivity contribution in [1.82, 2.24) is 14.9 Å². The van der Waals surface area contributed by atoms with Crippen molar-refractivity contribution in [3.05, 3.63) is 27.1 Å². The van der Waals surface area contributed by atoms with Crippen molar-refractivity contribution in [3.8, 4) is 0 Å². The standard InChI is InChI=1S/C17H23N3O3S/c1-10-12(3)24-16-15(10)17(22)20(9-18-16)7-6-14(21)19-11(2)13-5-4-8-23-13/h9,11,13H,4-8H2,1-3H3,(H,19,21). The molecular formula is C17H23N3O3S. The second kappa shape index (κ2) is 7.03. The maximum atomic E-state index is 12.6. The van der Waals surface area contributed by atoms with Crippen molar-refractivity contribution in [2.45, 2.75) is 58.7 Å². The Balaban J connectivity index is 1.65. The average molecular weight is 349 g/mol. The van der Waals surface area contributed by atoms with Crippen LogP contribution in [0.15, 0.2) is 11.1 Å². The van der Waals surface area contributed by atoms with Gasteiger partial charge in [-0.1, -0.05) is 0 Å². The van der Waals surface area contributed by atoms with Gasteiger partial charge >= 0.3 is 0 Å². The van der Waals surface area contributed by atoms with Crippen LogP contribution in [0, 0.1) is 13.8 Å². The Morgan fingerprint density at radius 2 is 2.33 bits per heavy atom. The van der Waals surface area contributed by atoms with Crippen LogP contribution in [-0.4, -0.2) is 34.2 Å². The molecule has 1 fully saturated rings. The van der Waals surface area contributed by atoms with Gasteiger partial charge < -0.3 is 10.1 Å². The topological polar surface area (TPSA) is 73.2 Å². The molecule has 1 aliphatic heterocycles. The number of amides is 1. The summed E-state index contributed by atoms with van der Waals surface area (Å²) in [7, 11) is 0. The van der Waals surface area contributed by atoms with Crippen LogP contribution in [0.1, 0.15) is 36.6 Å². The average Bonchev–Trinajstić information content (AvgIpc) is 3.16. The Kier molecular flexibility index (Phi) is 5.01. The Hall–Kier alpha value is -1.73. The molecule has 0 saturated carbocycles. The number of ether oxygens (including phenoxy) is 1. The number of nitrogens with one attached hydrogen (secondary N) is 1. The molecule has 0 aliphatic carbocycles. The molecule has 3 heterocycles. The van der Waals surface area contributed by atoms with Crippen LogP contribution in [0.25, 0.3) is 10.2 Å². The minimum absolute atomic E-state index is 0.000838. The van der Waals surface area contributed by atoms with Gasteiger partial charge in [0.25, 0.3) is 5.56 Å². The number of hydrogen-bond donors (Lipinski definition) is 1. The van der Waals surface area contributed by atoms with E-state index in [2.05, 4.69) is 10.3 Å². The fourth-order valence-electron chi connectivity index (χ4n) is 3.07.